The van der Waals surface area contributed by atoms with E-state index in [0.29, 0.717) is 5.15 Å². The molecule has 10 heavy (non-hydrogen) atoms. The van der Waals surface area contributed by atoms with Gasteiger partial charge in [0.2, 0.25) is 0 Å². The lowest BCUT2D eigenvalue weighted by molar-refractivity contribution is 1.19. The topological polar surface area (TPSA) is 24.9 Å². The minimum atomic E-state index is 0.476. The standard InChI is InChI=1S/C7H8ClN2/c1-2-9-6-4-3-5-10-7(6)8/h3,5,9H,2H2,1H3. The van der Waals surface area contributed by atoms with E-state index in [1.54, 1.807) is 12.3 Å². The minimum Gasteiger partial charge on any atom is -0.382 e. The summed E-state index contributed by atoms with van der Waals surface area (Å²) in [6.45, 7) is 2.83. The first kappa shape index (κ1) is 7.35. The predicted octanol–water partition coefficient (Wildman–Crippen LogP) is 1.97. The highest BCUT2D eigenvalue weighted by Crippen LogP contribution is 2.15. The van der Waals surface area contributed by atoms with E-state index >= 15 is 0 Å². The Morgan fingerprint density at radius 1 is 1.80 bits per heavy atom. The molecule has 1 aromatic heterocycles. The normalized spacial score (nSPS) is 9.40. The number of hydrogen-bond acceptors (Lipinski definition) is 2. The van der Waals surface area contributed by atoms with Gasteiger partial charge in [-0.25, -0.2) is 4.98 Å². The van der Waals surface area contributed by atoms with Crippen molar-refractivity contribution in [3.05, 3.63) is 23.5 Å². The third-order valence-electron chi connectivity index (χ3n) is 1.05. The van der Waals surface area contributed by atoms with E-state index in [4.69, 9.17) is 11.6 Å². The van der Waals surface area contributed by atoms with Crippen molar-refractivity contribution in [3.8, 4) is 0 Å². The van der Waals surface area contributed by atoms with Crippen LogP contribution in [0.2, 0.25) is 5.15 Å². The average Bonchev–Trinajstić information content (AvgIpc) is 1.94. The van der Waals surface area contributed by atoms with E-state index in [1.165, 1.54) is 0 Å². The zero-order valence-electron chi connectivity index (χ0n) is 5.69. The molecule has 0 bridgehead atoms. The number of nitrogens with one attached hydrogen (secondary N) is 1. The van der Waals surface area contributed by atoms with Crippen LogP contribution in [0.15, 0.2) is 12.3 Å². The number of rotatable bonds is 2. The van der Waals surface area contributed by atoms with Gasteiger partial charge in [0.05, 0.1) is 5.69 Å². The highest BCUT2D eigenvalue weighted by Gasteiger charge is 1.95. The molecular formula is C7H8ClN2. The fraction of sp³-hybridized carbons (Fsp3) is 0.286. The number of anilines is 1. The highest BCUT2D eigenvalue weighted by molar-refractivity contribution is 6.31. The fourth-order valence-corrected chi connectivity index (χ4v) is 0.826. The van der Waals surface area contributed by atoms with Crippen LogP contribution in [-0.4, -0.2) is 11.5 Å². The third kappa shape index (κ3) is 1.61. The van der Waals surface area contributed by atoms with E-state index in [2.05, 4.69) is 16.4 Å². The van der Waals surface area contributed by atoms with Crippen molar-refractivity contribution in [2.45, 2.75) is 6.92 Å². The Balaban J connectivity index is 2.81. The van der Waals surface area contributed by atoms with E-state index in [9.17, 15) is 0 Å². The summed E-state index contributed by atoms with van der Waals surface area (Å²) in [5.74, 6) is 0. The molecule has 1 radical (unpaired) electrons. The van der Waals surface area contributed by atoms with Crippen LogP contribution in [0.4, 0.5) is 5.69 Å². The maximum Gasteiger partial charge on any atom is 0.152 e. The van der Waals surface area contributed by atoms with Crippen LogP contribution in [0.5, 0.6) is 0 Å². The van der Waals surface area contributed by atoms with Gasteiger partial charge in [-0.15, -0.1) is 0 Å². The third-order valence-corrected chi connectivity index (χ3v) is 1.34. The maximum atomic E-state index is 5.70. The van der Waals surface area contributed by atoms with Crippen molar-refractivity contribution >= 4 is 17.3 Å². The van der Waals surface area contributed by atoms with Gasteiger partial charge in [0.25, 0.3) is 0 Å². The minimum absolute atomic E-state index is 0.476. The van der Waals surface area contributed by atoms with Gasteiger partial charge in [0.15, 0.2) is 5.15 Å². The lowest BCUT2D eigenvalue weighted by Gasteiger charge is -2.01. The number of hydrogen-bond donors (Lipinski definition) is 1. The summed E-state index contributed by atoms with van der Waals surface area (Å²) >= 11 is 5.70. The molecule has 0 fully saturated rings. The molecule has 0 atom stereocenters. The van der Waals surface area contributed by atoms with Gasteiger partial charge in [0.1, 0.15) is 0 Å². The largest absolute Gasteiger partial charge is 0.382 e. The molecule has 53 valence electrons. The molecule has 0 spiro atoms. The lowest BCUT2D eigenvalue weighted by atomic mass is 10.4. The summed E-state index contributed by atoms with van der Waals surface area (Å²) in [7, 11) is 0. The molecular weight excluding hydrogens is 148 g/mol. The van der Waals surface area contributed by atoms with Gasteiger partial charge in [-0.2, -0.15) is 0 Å². The Bertz CT molecular complexity index is 213. The molecule has 3 heteroatoms. The second-order valence-corrected chi connectivity index (χ2v) is 2.14. The van der Waals surface area contributed by atoms with Gasteiger partial charge in [-0.05, 0) is 13.0 Å². The van der Waals surface area contributed by atoms with Crippen molar-refractivity contribution < 1.29 is 0 Å². The number of nitrogens with zero attached hydrogens (tertiary/aromatic N) is 1. The van der Waals surface area contributed by atoms with E-state index in [-0.39, 0.29) is 0 Å². The number of aromatic nitrogens is 1. The van der Waals surface area contributed by atoms with E-state index < -0.39 is 0 Å². The average molecular weight is 156 g/mol. The smallest absolute Gasteiger partial charge is 0.152 e. The summed E-state index contributed by atoms with van der Waals surface area (Å²) in [5, 5.41) is 3.50. The van der Waals surface area contributed by atoms with Gasteiger partial charge in [-0.3, -0.25) is 0 Å². The van der Waals surface area contributed by atoms with Crippen LogP contribution in [-0.2, 0) is 0 Å². The van der Waals surface area contributed by atoms with Crippen LogP contribution in [0.3, 0.4) is 0 Å². The maximum absolute atomic E-state index is 5.70. The zero-order valence-corrected chi connectivity index (χ0v) is 6.44. The molecule has 0 aliphatic rings. The Hall–Kier alpha value is -0.760. The summed E-state index contributed by atoms with van der Waals surface area (Å²) in [5.41, 5.74) is 0.770. The van der Waals surface area contributed by atoms with Gasteiger partial charge in [0, 0.05) is 18.8 Å². The molecule has 1 N–H and O–H groups in total. The molecule has 0 unspecified atom stereocenters. The molecule has 0 aliphatic carbocycles. The Kier molecular flexibility index (Phi) is 2.51. The second kappa shape index (κ2) is 3.42. The Morgan fingerprint density at radius 3 is 3.20 bits per heavy atom. The number of halogens is 1. The number of pyridine rings is 1. The summed E-state index contributed by atoms with van der Waals surface area (Å²) in [4.78, 5) is 3.87. The Morgan fingerprint density at radius 2 is 2.60 bits per heavy atom. The van der Waals surface area contributed by atoms with Crippen molar-refractivity contribution in [1.82, 2.24) is 4.98 Å². The summed E-state index contributed by atoms with van der Waals surface area (Å²) in [6.07, 6.45) is 1.61. The molecule has 0 aliphatic heterocycles. The molecule has 1 heterocycles. The first-order valence-electron chi connectivity index (χ1n) is 3.10. The van der Waals surface area contributed by atoms with Crippen LogP contribution in [0, 0.1) is 6.07 Å². The van der Waals surface area contributed by atoms with Crippen molar-refractivity contribution in [2.75, 3.05) is 11.9 Å². The first-order chi connectivity index (χ1) is 4.84. The van der Waals surface area contributed by atoms with Gasteiger partial charge in [-0.1, -0.05) is 11.6 Å². The Labute approximate surface area is 65.2 Å². The second-order valence-electron chi connectivity index (χ2n) is 1.79. The molecule has 0 saturated carbocycles. The zero-order chi connectivity index (χ0) is 7.40. The SMILES string of the molecule is CCNc1[c]ccnc1Cl. The van der Waals surface area contributed by atoms with Gasteiger partial charge < -0.3 is 5.32 Å². The van der Waals surface area contributed by atoms with Crippen molar-refractivity contribution in [3.63, 3.8) is 0 Å². The van der Waals surface area contributed by atoms with Crippen LogP contribution in [0.1, 0.15) is 6.92 Å². The van der Waals surface area contributed by atoms with Gasteiger partial charge >= 0.3 is 0 Å². The molecule has 0 aromatic carbocycles. The van der Waals surface area contributed by atoms with Crippen LogP contribution in [0.25, 0.3) is 0 Å². The van der Waals surface area contributed by atoms with Crippen molar-refractivity contribution in [2.24, 2.45) is 0 Å². The monoisotopic (exact) mass is 155 g/mol. The molecule has 1 rings (SSSR count). The van der Waals surface area contributed by atoms with Crippen molar-refractivity contribution in [1.29, 1.82) is 0 Å². The molecule has 0 saturated heterocycles. The molecule has 1 aromatic rings. The molecule has 2 nitrogen and oxygen atoms in total. The highest BCUT2D eigenvalue weighted by atomic mass is 35.5. The summed E-state index contributed by atoms with van der Waals surface area (Å²) in [6, 6.07) is 4.66. The fourth-order valence-electron chi connectivity index (χ4n) is 0.648. The summed E-state index contributed by atoms with van der Waals surface area (Å²) < 4.78 is 0. The first-order valence-corrected chi connectivity index (χ1v) is 3.48. The van der Waals surface area contributed by atoms with Crippen LogP contribution < -0.4 is 5.32 Å². The van der Waals surface area contributed by atoms with E-state index in [0.717, 1.165) is 12.2 Å². The quantitative estimate of drug-likeness (QED) is 0.661. The lowest BCUT2D eigenvalue weighted by Crippen LogP contribution is -1.97. The van der Waals surface area contributed by atoms with Crippen LogP contribution >= 0.6 is 11.6 Å². The predicted molar refractivity (Wildman–Crippen MR) is 42.2 cm³/mol. The molecule has 0 amide bonds. The van der Waals surface area contributed by atoms with E-state index in [1.807, 2.05) is 6.92 Å².